The summed E-state index contributed by atoms with van der Waals surface area (Å²) < 4.78 is 20.2. The molecule has 0 radical (unpaired) electrons. The van der Waals surface area contributed by atoms with E-state index in [9.17, 15) is 4.57 Å². The molecule has 1 N–H and O–H groups in total. The molecule has 0 aliphatic rings. The third-order valence-corrected chi connectivity index (χ3v) is 4.94. The maximum atomic E-state index is 10.4. The smallest absolute Gasteiger partial charge is 0.346 e. The van der Waals surface area contributed by atoms with Gasteiger partial charge < -0.3 is 10.1 Å². The van der Waals surface area contributed by atoms with Crippen molar-refractivity contribution >= 4 is 8.69 Å². The van der Waals surface area contributed by atoms with Gasteiger partial charge in [-0.05, 0) is 58.2 Å². The second-order valence-corrected chi connectivity index (χ2v) is 7.67. The zero-order chi connectivity index (χ0) is 24.0. The van der Waals surface area contributed by atoms with Gasteiger partial charge in [0.15, 0.2) is 0 Å². The summed E-state index contributed by atoms with van der Waals surface area (Å²) >= 11 is 0. The second-order valence-electron chi connectivity index (χ2n) is 7.36. The van der Waals surface area contributed by atoms with Crippen LogP contribution in [-0.2, 0) is 26.8 Å². The highest BCUT2D eigenvalue weighted by Gasteiger charge is 2.13. The molecule has 2 aromatic rings. The van der Waals surface area contributed by atoms with Crippen LogP contribution < -0.4 is 5.32 Å². The molecule has 2 aromatic carbocycles. The van der Waals surface area contributed by atoms with Crippen LogP contribution in [0.4, 0.5) is 0 Å². The van der Waals surface area contributed by atoms with Crippen molar-refractivity contribution in [3.63, 3.8) is 0 Å². The molecule has 0 spiro atoms. The van der Waals surface area contributed by atoms with E-state index >= 15 is 0 Å². The third kappa shape index (κ3) is 16.1. The Hall–Kier alpha value is -1.62. The molecule has 6 heteroatoms. The van der Waals surface area contributed by atoms with Crippen LogP contribution in [0.15, 0.2) is 60.7 Å². The molecule has 0 heterocycles. The van der Waals surface area contributed by atoms with Crippen molar-refractivity contribution in [3.8, 4) is 0 Å². The lowest BCUT2D eigenvalue weighted by Gasteiger charge is -2.23. The fraction of sp³-hybridized carbons (Fsp3) is 0.538. The van der Waals surface area contributed by atoms with Gasteiger partial charge in [-0.3, -0.25) is 0 Å². The van der Waals surface area contributed by atoms with Crippen molar-refractivity contribution in [2.75, 3.05) is 26.3 Å². The van der Waals surface area contributed by atoms with Gasteiger partial charge in [0.05, 0.1) is 0 Å². The summed E-state index contributed by atoms with van der Waals surface area (Å²) in [4.78, 5) is 0. The molecule has 0 aliphatic carbocycles. The zero-order valence-corrected chi connectivity index (χ0v) is 21.7. The molecule has 0 aromatic heterocycles. The van der Waals surface area contributed by atoms with Gasteiger partial charge in [0.1, 0.15) is 0 Å². The third-order valence-electron chi connectivity index (χ3n) is 4.66. The number of hydrogen-bond acceptors (Lipinski definition) is 5. The Morgan fingerprint density at radius 3 is 1.72 bits per heavy atom. The number of benzene rings is 2. The normalized spacial score (nSPS) is 12.3. The molecular weight excluding hydrogens is 419 g/mol. The maximum Gasteiger partial charge on any atom is 0.346 e. The summed E-state index contributed by atoms with van der Waals surface area (Å²) in [6, 6.07) is 21.6. The molecule has 180 valence electrons. The van der Waals surface area contributed by atoms with E-state index in [2.05, 4.69) is 68.6 Å². The number of rotatable bonds is 12. The van der Waals surface area contributed by atoms with Gasteiger partial charge in [0, 0.05) is 31.8 Å². The topological polar surface area (TPSA) is 50.8 Å². The summed E-state index contributed by atoms with van der Waals surface area (Å²) in [6.45, 7) is 15.8. The molecule has 0 unspecified atom stereocenters. The maximum absolute atomic E-state index is 10.4. The Labute approximate surface area is 197 Å². The van der Waals surface area contributed by atoms with Gasteiger partial charge in [-0.25, -0.2) is 9.19 Å². The quantitative estimate of drug-likeness (QED) is 0.294. The number of nitrogens with zero attached hydrogens (tertiary/aromatic N) is 1. The summed E-state index contributed by atoms with van der Waals surface area (Å²) in [5.74, 6) is 0. The number of ether oxygens (including phenoxy) is 1. The SMILES string of the molecule is CCN(OP=O)[C@@H](C)Cc1ccccc1.CCN[C@@H](C)Cc1ccccc1.CCOCC. The largest absolute Gasteiger partial charge is 0.382 e. The molecule has 32 heavy (non-hydrogen) atoms. The van der Waals surface area contributed by atoms with Crippen molar-refractivity contribution < 1.29 is 13.9 Å². The average Bonchev–Trinajstić information content (AvgIpc) is 2.80. The van der Waals surface area contributed by atoms with Crippen molar-refractivity contribution in [3.05, 3.63) is 71.8 Å². The van der Waals surface area contributed by atoms with Gasteiger partial charge in [0.2, 0.25) is 0 Å². The first-order chi connectivity index (χ1) is 15.5. The standard InChI is InChI=1S/C11H16NO2P.C11H17N.C4H10O/c1-3-12(14-15-13)10(2)9-11-7-5-4-6-8-11;1-3-12-10(2)9-11-7-5-4-6-8-11;1-3-5-4-2/h4-8,10H,3,9H2,1-2H3;4-8,10,12H,3,9H2,1-2H3;3-4H2,1-2H3/t2*10-;/m00./s1. The van der Waals surface area contributed by atoms with Gasteiger partial charge >= 0.3 is 8.69 Å². The van der Waals surface area contributed by atoms with Crippen LogP contribution in [-0.4, -0.2) is 43.5 Å². The average molecular weight is 463 g/mol. The molecule has 0 saturated heterocycles. The summed E-state index contributed by atoms with van der Waals surface area (Å²) in [5.41, 5.74) is 2.67. The Balaban J connectivity index is 0.000000505. The van der Waals surface area contributed by atoms with E-state index in [1.54, 1.807) is 5.06 Å². The van der Waals surface area contributed by atoms with E-state index in [1.807, 2.05) is 39.0 Å². The Morgan fingerprint density at radius 2 is 1.34 bits per heavy atom. The van der Waals surface area contributed by atoms with Crippen molar-refractivity contribution in [1.29, 1.82) is 0 Å². The van der Waals surface area contributed by atoms with E-state index in [4.69, 9.17) is 9.36 Å². The van der Waals surface area contributed by atoms with Crippen LogP contribution in [0.1, 0.15) is 52.7 Å². The van der Waals surface area contributed by atoms with Crippen LogP contribution in [0.2, 0.25) is 0 Å². The van der Waals surface area contributed by atoms with E-state index in [1.165, 1.54) is 11.1 Å². The molecule has 0 bridgehead atoms. The summed E-state index contributed by atoms with van der Waals surface area (Å²) in [6.07, 6.45) is 2.01. The molecule has 0 saturated carbocycles. The lowest BCUT2D eigenvalue weighted by molar-refractivity contribution is -0.0743. The molecular formula is C26H43N2O3P. The van der Waals surface area contributed by atoms with Gasteiger partial charge in [-0.2, -0.15) is 5.06 Å². The first kappa shape index (κ1) is 30.4. The fourth-order valence-electron chi connectivity index (χ4n) is 3.14. The molecule has 2 atom stereocenters. The van der Waals surface area contributed by atoms with E-state index in [0.29, 0.717) is 6.04 Å². The van der Waals surface area contributed by atoms with Gasteiger partial charge in [-0.15, -0.1) is 0 Å². The fourth-order valence-corrected chi connectivity index (χ4v) is 3.50. The van der Waals surface area contributed by atoms with Crippen LogP contribution in [0.3, 0.4) is 0 Å². The highest BCUT2D eigenvalue weighted by atomic mass is 31.1. The lowest BCUT2D eigenvalue weighted by Crippen LogP contribution is -2.32. The monoisotopic (exact) mass is 462 g/mol. The van der Waals surface area contributed by atoms with E-state index in [0.717, 1.165) is 39.1 Å². The number of hydroxylamine groups is 2. The van der Waals surface area contributed by atoms with Crippen molar-refractivity contribution in [2.45, 2.75) is 66.5 Å². The molecule has 0 aliphatic heterocycles. The Morgan fingerprint density at radius 1 is 0.844 bits per heavy atom. The van der Waals surface area contributed by atoms with Gasteiger partial charge in [-0.1, -0.05) is 74.5 Å². The molecule has 0 amide bonds. The predicted molar refractivity (Wildman–Crippen MR) is 136 cm³/mol. The van der Waals surface area contributed by atoms with Crippen molar-refractivity contribution in [2.24, 2.45) is 0 Å². The minimum absolute atomic E-state index is 0.221. The van der Waals surface area contributed by atoms with Crippen LogP contribution in [0.5, 0.6) is 0 Å². The van der Waals surface area contributed by atoms with E-state index < -0.39 is 0 Å². The number of hydrogen-bond donors (Lipinski definition) is 1. The second kappa shape index (κ2) is 21.2. The van der Waals surface area contributed by atoms with E-state index in [-0.39, 0.29) is 14.7 Å². The Kier molecular flexibility index (Phi) is 20.2. The lowest BCUT2D eigenvalue weighted by atomic mass is 10.1. The highest BCUT2D eigenvalue weighted by Crippen LogP contribution is 2.12. The molecule has 5 nitrogen and oxygen atoms in total. The predicted octanol–water partition coefficient (Wildman–Crippen LogP) is 6.35. The van der Waals surface area contributed by atoms with Crippen LogP contribution in [0.25, 0.3) is 0 Å². The number of nitrogens with one attached hydrogen (secondary N) is 1. The summed E-state index contributed by atoms with van der Waals surface area (Å²) in [5, 5.41) is 5.12. The van der Waals surface area contributed by atoms with Crippen LogP contribution in [0, 0.1) is 0 Å². The summed E-state index contributed by atoms with van der Waals surface area (Å²) in [7, 11) is -0.288. The highest BCUT2D eigenvalue weighted by molar-refractivity contribution is 7.17. The first-order valence-corrected chi connectivity index (χ1v) is 12.4. The van der Waals surface area contributed by atoms with Crippen molar-refractivity contribution in [1.82, 2.24) is 10.4 Å². The minimum atomic E-state index is -0.288. The molecule has 2 rings (SSSR count). The van der Waals surface area contributed by atoms with Gasteiger partial charge in [0.25, 0.3) is 0 Å². The Bertz CT molecular complexity index is 657. The zero-order valence-electron chi connectivity index (χ0n) is 20.8. The minimum Gasteiger partial charge on any atom is -0.382 e. The number of likely N-dealkylation sites (N-methyl/N-ethyl adjacent to an activating group) is 2. The molecule has 0 fully saturated rings. The van der Waals surface area contributed by atoms with Crippen LogP contribution >= 0.6 is 8.69 Å². The first-order valence-electron chi connectivity index (χ1n) is 11.7.